The zero-order valence-corrected chi connectivity index (χ0v) is 18.6. The second kappa shape index (κ2) is 9.52. The number of nitrogens with one attached hydrogen (secondary N) is 3. The Balaban J connectivity index is 1.78. The number of anilines is 4. The molecule has 2 aromatic carbocycles. The zero-order valence-electron chi connectivity index (χ0n) is 17.8. The lowest BCUT2D eigenvalue weighted by molar-refractivity contribution is 0.392. The highest BCUT2D eigenvalue weighted by molar-refractivity contribution is 7.92. The summed E-state index contributed by atoms with van der Waals surface area (Å²) >= 11 is 0. The molecular formula is C21H25N5O4S. The van der Waals surface area contributed by atoms with Crippen LogP contribution in [0.5, 0.6) is 11.5 Å². The number of nitrogens with zero attached hydrogens (tertiary/aromatic N) is 2. The molecule has 0 unspecified atom stereocenters. The number of hydrogen-bond acceptors (Lipinski definition) is 8. The summed E-state index contributed by atoms with van der Waals surface area (Å²) in [7, 11) is -0.998. The van der Waals surface area contributed by atoms with Crippen LogP contribution >= 0.6 is 0 Å². The first-order valence-electron chi connectivity index (χ1n) is 9.56. The molecule has 0 bridgehead atoms. The standard InChI is InChI=1S/C21H25N5O4S/c1-5-22-20-13-21(24-14(2)23-20)25-15-6-8-16(9-7-15)26-31(27,28)19-12-17(29-3)10-11-18(19)30-4/h6-13,26H,5H2,1-4H3,(H2,22,23,24,25). The summed E-state index contributed by atoms with van der Waals surface area (Å²) in [5.74, 6) is 2.64. The van der Waals surface area contributed by atoms with Crippen LogP contribution < -0.4 is 24.8 Å². The molecule has 3 rings (SSSR count). The predicted molar refractivity (Wildman–Crippen MR) is 121 cm³/mol. The van der Waals surface area contributed by atoms with Crippen molar-refractivity contribution in [1.29, 1.82) is 0 Å². The van der Waals surface area contributed by atoms with Crippen molar-refractivity contribution in [1.82, 2.24) is 9.97 Å². The molecule has 31 heavy (non-hydrogen) atoms. The van der Waals surface area contributed by atoms with Crippen LogP contribution in [0.3, 0.4) is 0 Å². The van der Waals surface area contributed by atoms with Gasteiger partial charge in [0.05, 0.1) is 14.2 Å². The quantitative estimate of drug-likeness (QED) is 0.458. The maximum absolute atomic E-state index is 12.9. The Morgan fingerprint density at radius 3 is 2.23 bits per heavy atom. The lowest BCUT2D eigenvalue weighted by atomic mass is 10.3. The van der Waals surface area contributed by atoms with Gasteiger partial charge in [-0.3, -0.25) is 4.72 Å². The van der Waals surface area contributed by atoms with Crippen LogP contribution in [0, 0.1) is 6.92 Å². The lowest BCUT2D eigenvalue weighted by Gasteiger charge is -2.13. The monoisotopic (exact) mass is 443 g/mol. The van der Waals surface area contributed by atoms with Gasteiger partial charge in [0.15, 0.2) is 0 Å². The molecule has 9 nitrogen and oxygen atoms in total. The molecule has 0 aliphatic heterocycles. The molecule has 0 saturated heterocycles. The van der Waals surface area contributed by atoms with Gasteiger partial charge in [-0.2, -0.15) is 0 Å². The van der Waals surface area contributed by atoms with Gasteiger partial charge in [-0.05, 0) is 50.2 Å². The average Bonchev–Trinajstić information content (AvgIpc) is 2.74. The van der Waals surface area contributed by atoms with E-state index in [1.165, 1.54) is 20.3 Å². The fraction of sp³-hybridized carbons (Fsp3) is 0.238. The van der Waals surface area contributed by atoms with Crippen molar-refractivity contribution in [3.05, 3.63) is 54.4 Å². The molecule has 0 amide bonds. The van der Waals surface area contributed by atoms with Crippen molar-refractivity contribution in [3.8, 4) is 11.5 Å². The van der Waals surface area contributed by atoms with Gasteiger partial charge in [0.2, 0.25) is 0 Å². The second-order valence-corrected chi connectivity index (χ2v) is 8.19. The van der Waals surface area contributed by atoms with Crippen LogP contribution in [-0.4, -0.2) is 39.2 Å². The van der Waals surface area contributed by atoms with Gasteiger partial charge in [0.1, 0.15) is 33.9 Å². The Labute approximate surface area is 181 Å². The van der Waals surface area contributed by atoms with Crippen LogP contribution in [0.2, 0.25) is 0 Å². The fourth-order valence-electron chi connectivity index (χ4n) is 2.88. The van der Waals surface area contributed by atoms with E-state index in [4.69, 9.17) is 9.47 Å². The summed E-state index contributed by atoms with van der Waals surface area (Å²) in [5.41, 5.74) is 1.16. The van der Waals surface area contributed by atoms with E-state index in [0.717, 1.165) is 18.1 Å². The number of hydrogen-bond donors (Lipinski definition) is 3. The van der Waals surface area contributed by atoms with Gasteiger partial charge in [0.25, 0.3) is 10.0 Å². The SMILES string of the molecule is CCNc1cc(Nc2ccc(NS(=O)(=O)c3cc(OC)ccc3OC)cc2)nc(C)n1. The molecule has 1 aromatic heterocycles. The first-order valence-corrected chi connectivity index (χ1v) is 11.0. The maximum Gasteiger partial charge on any atom is 0.265 e. The van der Waals surface area contributed by atoms with Crippen LogP contribution in [0.1, 0.15) is 12.7 Å². The molecule has 0 aliphatic rings. The third-order valence-electron chi connectivity index (χ3n) is 4.27. The summed E-state index contributed by atoms with van der Waals surface area (Å²) in [5, 5.41) is 6.35. The van der Waals surface area contributed by atoms with Gasteiger partial charge < -0.3 is 20.1 Å². The summed E-state index contributed by atoms with van der Waals surface area (Å²) in [4.78, 5) is 8.68. The van der Waals surface area contributed by atoms with Crippen LogP contribution in [-0.2, 0) is 10.0 Å². The van der Waals surface area contributed by atoms with Crippen molar-refractivity contribution >= 4 is 33.0 Å². The van der Waals surface area contributed by atoms with Crippen molar-refractivity contribution < 1.29 is 17.9 Å². The third-order valence-corrected chi connectivity index (χ3v) is 5.67. The van der Waals surface area contributed by atoms with Crippen molar-refractivity contribution in [3.63, 3.8) is 0 Å². The highest BCUT2D eigenvalue weighted by atomic mass is 32.2. The first-order chi connectivity index (χ1) is 14.8. The number of ether oxygens (including phenoxy) is 2. The Kier molecular flexibility index (Phi) is 6.81. The van der Waals surface area contributed by atoms with Gasteiger partial charge in [0, 0.05) is 30.1 Å². The third kappa shape index (κ3) is 5.54. The minimum atomic E-state index is -3.88. The number of aryl methyl sites for hydroxylation is 1. The fourth-order valence-corrected chi connectivity index (χ4v) is 4.12. The molecule has 0 spiro atoms. The average molecular weight is 444 g/mol. The highest BCUT2D eigenvalue weighted by Crippen LogP contribution is 2.30. The Bertz CT molecular complexity index is 1150. The molecule has 0 aliphatic carbocycles. The summed E-state index contributed by atoms with van der Waals surface area (Å²) in [6.45, 7) is 4.56. The van der Waals surface area contributed by atoms with Crippen LogP contribution in [0.15, 0.2) is 53.4 Å². The highest BCUT2D eigenvalue weighted by Gasteiger charge is 2.20. The van der Waals surface area contributed by atoms with Gasteiger partial charge in [-0.25, -0.2) is 18.4 Å². The minimum absolute atomic E-state index is 0.0102. The molecule has 10 heteroatoms. The number of methoxy groups -OCH3 is 2. The van der Waals surface area contributed by atoms with E-state index in [1.807, 2.05) is 19.9 Å². The van der Waals surface area contributed by atoms with E-state index in [2.05, 4.69) is 25.3 Å². The molecule has 0 atom stereocenters. The predicted octanol–water partition coefficient (Wildman–Crippen LogP) is 3.78. The smallest absolute Gasteiger partial charge is 0.265 e. The van der Waals surface area contributed by atoms with E-state index in [9.17, 15) is 8.42 Å². The van der Waals surface area contributed by atoms with Gasteiger partial charge >= 0.3 is 0 Å². The first kappa shape index (κ1) is 22.2. The summed E-state index contributed by atoms with van der Waals surface area (Å²) < 4.78 is 38.6. The number of sulfonamides is 1. The van der Waals surface area contributed by atoms with Gasteiger partial charge in [-0.15, -0.1) is 0 Å². The minimum Gasteiger partial charge on any atom is -0.497 e. The Hall–Kier alpha value is -3.53. The van der Waals surface area contributed by atoms with Crippen molar-refractivity contribution in [2.75, 3.05) is 36.1 Å². The normalized spacial score (nSPS) is 11.0. The van der Waals surface area contributed by atoms with Crippen LogP contribution in [0.4, 0.5) is 23.0 Å². The van der Waals surface area contributed by atoms with Crippen LogP contribution in [0.25, 0.3) is 0 Å². The molecule has 3 aromatic rings. The van der Waals surface area contributed by atoms with Crippen molar-refractivity contribution in [2.45, 2.75) is 18.7 Å². The van der Waals surface area contributed by atoms with E-state index >= 15 is 0 Å². The number of aromatic nitrogens is 2. The molecule has 164 valence electrons. The largest absolute Gasteiger partial charge is 0.497 e. The summed E-state index contributed by atoms with van der Waals surface area (Å²) in [6.07, 6.45) is 0. The lowest BCUT2D eigenvalue weighted by Crippen LogP contribution is -2.14. The zero-order chi connectivity index (χ0) is 22.4. The van der Waals surface area contributed by atoms with E-state index < -0.39 is 10.0 Å². The van der Waals surface area contributed by atoms with E-state index in [-0.39, 0.29) is 10.6 Å². The topological polar surface area (TPSA) is 114 Å². The molecule has 1 heterocycles. The molecular weight excluding hydrogens is 418 g/mol. The molecule has 0 fully saturated rings. The Morgan fingerprint density at radius 2 is 1.58 bits per heavy atom. The molecule has 0 radical (unpaired) electrons. The second-order valence-electron chi connectivity index (χ2n) is 6.54. The molecule has 3 N–H and O–H groups in total. The molecule has 0 saturated carbocycles. The number of rotatable bonds is 9. The Morgan fingerprint density at radius 1 is 0.903 bits per heavy atom. The number of benzene rings is 2. The van der Waals surface area contributed by atoms with Crippen molar-refractivity contribution in [2.24, 2.45) is 0 Å². The van der Waals surface area contributed by atoms with E-state index in [1.54, 1.807) is 36.4 Å². The van der Waals surface area contributed by atoms with Gasteiger partial charge in [-0.1, -0.05) is 0 Å². The summed E-state index contributed by atoms with van der Waals surface area (Å²) in [6, 6.07) is 13.2. The van der Waals surface area contributed by atoms with E-state index in [0.29, 0.717) is 23.1 Å². The maximum atomic E-state index is 12.9.